The van der Waals surface area contributed by atoms with Crippen LogP contribution in [0, 0.1) is 5.92 Å². The first-order valence-corrected chi connectivity index (χ1v) is 7.48. The summed E-state index contributed by atoms with van der Waals surface area (Å²) in [6, 6.07) is -0.769. The SMILES string of the molecule is CN(CC(F)(F)F)C(=O)CN1C(C(=O)O)CC2CCCCC21. The Kier molecular flexibility index (Phi) is 4.99. The van der Waals surface area contributed by atoms with E-state index in [1.807, 2.05) is 0 Å². The first-order valence-electron chi connectivity index (χ1n) is 7.48. The number of fused-ring (bicyclic) bond motifs is 1. The van der Waals surface area contributed by atoms with Crippen molar-refractivity contribution in [2.75, 3.05) is 20.1 Å². The minimum absolute atomic E-state index is 0.00177. The minimum atomic E-state index is -4.45. The van der Waals surface area contributed by atoms with Crippen LogP contribution in [0.25, 0.3) is 0 Å². The van der Waals surface area contributed by atoms with Gasteiger partial charge < -0.3 is 10.0 Å². The highest BCUT2D eigenvalue weighted by Gasteiger charge is 2.46. The van der Waals surface area contributed by atoms with E-state index < -0.39 is 30.6 Å². The Morgan fingerprint density at radius 2 is 1.91 bits per heavy atom. The van der Waals surface area contributed by atoms with E-state index in [1.54, 1.807) is 4.90 Å². The summed E-state index contributed by atoms with van der Waals surface area (Å²) in [5, 5.41) is 9.32. The quantitative estimate of drug-likeness (QED) is 0.856. The molecule has 8 heteroatoms. The van der Waals surface area contributed by atoms with E-state index >= 15 is 0 Å². The van der Waals surface area contributed by atoms with E-state index in [9.17, 15) is 27.9 Å². The summed E-state index contributed by atoms with van der Waals surface area (Å²) in [5.74, 6) is -1.45. The first kappa shape index (κ1) is 17.1. The van der Waals surface area contributed by atoms with Gasteiger partial charge in [-0.2, -0.15) is 13.2 Å². The van der Waals surface area contributed by atoms with E-state index in [-0.39, 0.29) is 18.5 Å². The van der Waals surface area contributed by atoms with Gasteiger partial charge in [-0.05, 0) is 25.2 Å². The lowest BCUT2D eigenvalue weighted by atomic mass is 9.85. The Morgan fingerprint density at radius 1 is 1.27 bits per heavy atom. The Hall–Kier alpha value is -1.31. The van der Waals surface area contributed by atoms with Crippen LogP contribution in [0.5, 0.6) is 0 Å². The molecule has 22 heavy (non-hydrogen) atoms. The molecule has 1 saturated heterocycles. The van der Waals surface area contributed by atoms with Gasteiger partial charge >= 0.3 is 12.1 Å². The second kappa shape index (κ2) is 6.44. The summed E-state index contributed by atoms with van der Waals surface area (Å²) in [6.45, 7) is -1.57. The van der Waals surface area contributed by atoms with Crippen LogP contribution in [0.4, 0.5) is 13.2 Å². The van der Waals surface area contributed by atoms with Crippen molar-refractivity contribution in [3.05, 3.63) is 0 Å². The number of hydrogen-bond acceptors (Lipinski definition) is 3. The summed E-state index contributed by atoms with van der Waals surface area (Å²) >= 11 is 0. The van der Waals surface area contributed by atoms with Gasteiger partial charge in [0.15, 0.2) is 0 Å². The molecule has 0 radical (unpaired) electrons. The Bertz CT molecular complexity index is 442. The van der Waals surface area contributed by atoms with Crippen molar-refractivity contribution in [3.63, 3.8) is 0 Å². The predicted molar refractivity (Wildman–Crippen MR) is 72.2 cm³/mol. The number of alkyl halides is 3. The summed E-state index contributed by atoms with van der Waals surface area (Å²) in [4.78, 5) is 25.6. The molecule has 2 rings (SSSR count). The molecule has 0 aromatic carbocycles. The largest absolute Gasteiger partial charge is 0.480 e. The third kappa shape index (κ3) is 3.91. The number of likely N-dealkylation sites (N-methyl/N-ethyl adjacent to an activating group) is 1. The van der Waals surface area contributed by atoms with Crippen LogP contribution in [0.3, 0.4) is 0 Å². The van der Waals surface area contributed by atoms with E-state index in [4.69, 9.17) is 0 Å². The van der Waals surface area contributed by atoms with Crippen molar-refractivity contribution in [2.45, 2.75) is 50.4 Å². The number of amides is 1. The second-order valence-electron chi connectivity index (χ2n) is 6.24. The normalized spacial score (nSPS) is 29.2. The lowest BCUT2D eigenvalue weighted by molar-refractivity contribution is -0.160. The molecule has 3 atom stereocenters. The lowest BCUT2D eigenvalue weighted by Crippen LogP contribution is -2.49. The fraction of sp³-hybridized carbons (Fsp3) is 0.857. The fourth-order valence-electron chi connectivity index (χ4n) is 3.66. The highest BCUT2D eigenvalue weighted by Crippen LogP contribution is 2.39. The van der Waals surface area contributed by atoms with Gasteiger partial charge in [0.1, 0.15) is 12.6 Å². The van der Waals surface area contributed by atoms with E-state index in [1.165, 1.54) is 0 Å². The van der Waals surface area contributed by atoms with Gasteiger partial charge in [0.25, 0.3) is 0 Å². The number of likely N-dealkylation sites (tertiary alicyclic amines) is 1. The molecule has 1 aliphatic carbocycles. The molecule has 0 bridgehead atoms. The molecule has 3 unspecified atom stereocenters. The smallest absolute Gasteiger partial charge is 0.406 e. The number of carboxylic acid groups (broad SMARTS) is 1. The van der Waals surface area contributed by atoms with Gasteiger partial charge in [0, 0.05) is 13.1 Å². The molecule has 2 fully saturated rings. The zero-order valence-electron chi connectivity index (χ0n) is 12.5. The van der Waals surface area contributed by atoms with Crippen molar-refractivity contribution < 1.29 is 27.9 Å². The van der Waals surface area contributed by atoms with Crippen LogP contribution in [-0.4, -0.2) is 65.2 Å². The molecular weight excluding hydrogens is 301 g/mol. The summed E-state index contributed by atoms with van der Waals surface area (Å²) < 4.78 is 37.1. The molecule has 0 aromatic rings. The van der Waals surface area contributed by atoms with Gasteiger partial charge in [0.05, 0.1) is 6.54 Å². The third-order valence-electron chi connectivity index (χ3n) is 4.67. The molecule has 1 amide bonds. The van der Waals surface area contributed by atoms with Gasteiger partial charge in [0.2, 0.25) is 5.91 Å². The standard InChI is InChI=1S/C14H21F3N2O3/c1-18(8-14(15,16)17)12(20)7-19-10-5-3-2-4-9(10)6-11(19)13(21)22/h9-11H,2-8H2,1H3,(H,21,22). The minimum Gasteiger partial charge on any atom is -0.480 e. The number of rotatable bonds is 4. The van der Waals surface area contributed by atoms with Crippen molar-refractivity contribution >= 4 is 11.9 Å². The van der Waals surface area contributed by atoms with Crippen LogP contribution in [0.1, 0.15) is 32.1 Å². The number of aliphatic carboxylic acids is 1. The summed E-state index contributed by atoms with van der Waals surface area (Å²) in [7, 11) is 1.10. The molecule has 1 aliphatic heterocycles. The molecule has 1 N–H and O–H groups in total. The molecule has 1 saturated carbocycles. The molecule has 5 nitrogen and oxygen atoms in total. The van der Waals surface area contributed by atoms with Crippen LogP contribution in [-0.2, 0) is 9.59 Å². The number of hydrogen-bond donors (Lipinski definition) is 1. The zero-order valence-corrected chi connectivity index (χ0v) is 12.5. The monoisotopic (exact) mass is 322 g/mol. The topological polar surface area (TPSA) is 60.9 Å². The van der Waals surface area contributed by atoms with Gasteiger partial charge in [-0.1, -0.05) is 12.8 Å². The van der Waals surface area contributed by atoms with Crippen molar-refractivity contribution in [3.8, 4) is 0 Å². The predicted octanol–water partition coefficient (Wildman–Crippen LogP) is 1.72. The van der Waals surface area contributed by atoms with Crippen LogP contribution >= 0.6 is 0 Å². The summed E-state index contributed by atoms with van der Waals surface area (Å²) in [5.41, 5.74) is 0. The molecule has 0 spiro atoms. The Balaban J connectivity index is 2.04. The van der Waals surface area contributed by atoms with Crippen molar-refractivity contribution in [1.29, 1.82) is 0 Å². The number of carbonyl (C=O) groups is 2. The third-order valence-corrected chi connectivity index (χ3v) is 4.67. The maximum atomic E-state index is 12.4. The van der Waals surface area contributed by atoms with Crippen LogP contribution in [0.2, 0.25) is 0 Å². The zero-order chi connectivity index (χ0) is 16.5. The second-order valence-corrected chi connectivity index (χ2v) is 6.24. The van der Waals surface area contributed by atoms with Crippen LogP contribution < -0.4 is 0 Å². The van der Waals surface area contributed by atoms with Gasteiger partial charge in [-0.15, -0.1) is 0 Å². The first-order chi connectivity index (χ1) is 10.2. The van der Waals surface area contributed by atoms with Crippen molar-refractivity contribution in [1.82, 2.24) is 9.80 Å². The number of halogens is 3. The van der Waals surface area contributed by atoms with Gasteiger partial charge in [-0.25, -0.2) is 0 Å². The molecule has 1 heterocycles. The maximum Gasteiger partial charge on any atom is 0.406 e. The average molecular weight is 322 g/mol. The molecular formula is C14H21F3N2O3. The maximum absolute atomic E-state index is 12.4. The summed E-state index contributed by atoms with van der Waals surface area (Å²) in [6.07, 6.45) is -0.215. The fourth-order valence-corrected chi connectivity index (χ4v) is 3.66. The highest BCUT2D eigenvalue weighted by molar-refractivity contribution is 5.80. The lowest BCUT2D eigenvalue weighted by Gasteiger charge is -2.33. The molecule has 2 aliphatic rings. The number of carbonyl (C=O) groups excluding carboxylic acids is 1. The van der Waals surface area contributed by atoms with Crippen molar-refractivity contribution in [2.24, 2.45) is 5.92 Å². The Morgan fingerprint density at radius 3 is 2.50 bits per heavy atom. The average Bonchev–Trinajstić information content (AvgIpc) is 2.76. The van der Waals surface area contributed by atoms with Gasteiger partial charge in [-0.3, -0.25) is 14.5 Å². The molecule has 126 valence electrons. The Labute approximate surface area is 127 Å². The van der Waals surface area contributed by atoms with E-state index in [0.717, 1.165) is 32.7 Å². The highest BCUT2D eigenvalue weighted by atomic mass is 19.4. The van der Waals surface area contributed by atoms with E-state index in [2.05, 4.69) is 0 Å². The van der Waals surface area contributed by atoms with E-state index in [0.29, 0.717) is 11.3 Å². The van der Waals surface area contributed by atoms with Crippen LogP contribution in [0.15, 0.2) is 0 Å². The number of carboxylic acids is 1. The number of nitrogens with zero attached hydrogens (tertiary/aromatic N) is 2. The molecule has 0 aromatic heterocycles.